The monoisotopic (exact) mass is 334 g/mol. The molecule has 130 valence electrons. The molecule has 7 heteroatoms. The maximum Gasteiger partial charge on any atom is 0.254 e. The van der Waals surface area contributed by atoms with Gasteiger partial charge >= 0.3 is 0 Å². The number of piperidine rings is 1. The van der Waals surface area contributed by atoms with E-state index < -0.39 is 5.60 Å². The van der Waals surface area contributed by atoms with Crippen LogP contribution in [-0.2, 0) is 9.53 Å². The van der Waals surface area contributed by atoms with E-state index in [4.69, 9.17) is 19.9 Å². The van der Waals surface area contributed by atoms with Crippen LogP contribution < -0.4 is 15.2 Å². The molecule has 2 amide bonds. The molecule has 0 aliphatic carbocycles. The maximum absolute atomic E-state index is 12.8. The summed E-state index contributed by atoms with van der Waals surface area (Å²) in [5.41, 5.74) is 5.30. The van der Waals surface area contributed by atoms with E-state index in [1.807, 2.05) is 0 Å². The van der Waals surface area contributed by atoms with Gasteiger partial charge in [0, 0.05) is 32.2 Å². The standard InChI is InChI=1S/C17H22N2O5/c1-22-17(7-5-15(18)20)6-2-8-19(10-17)16(21)12-3-4-13-14(9-12)24-11-23-13/h3-4,9H,2,5-8,10-11H2,1H3,(H2,18,20)/t17-/m1/s1. The van der Waals surface area contributed by atoms with Gasteiger partial charge in [0.05, 0.1) is 5.60 Å². The van der Waals surface area contributed by atoms with Gasteiger partial charge in [-0.05, 0) is 37.5 Å². The third-order valence-corrected chi connectivity index (χ3v) is 4.71. The van der Waals surface area contributed by atoms with Crippen LogP contribution in [-0.4, -0.2) is 49.3 Å². The van der Waals surface area contributed by atoms with Crippen molar-refractivity contribution in [3.05, 3.63) is 23.8 Å². The summed E-state index contributed by atoms with van der Waals surface area (Å²) in [7, 11) is 1.62. The van der Waals surface area contributed by atoms with E-state index in [9.17, 15) is 9.59 Å². The molecule has 0 aromatic heterocycles. The second kappa shape index (κ2) is 6.68. The van der Waals surface area contributed by atoms with Crippen LogP contribution in [0.3, 0.4) is 0 Å². The molecule has 2 heterocycles. The maximum atomic E-state index is 12.8. The fraction of sp³-hybridized carbons (Fsp3) is 0.529. The van der Waals surface area contributed by atoms with E-state index in [1.54, 1.807) is 30.2 Å². The molecule has 2 aliphatic heterocycles. The van der Waals surface area contributed by atoms with E-state index in [0.717, 1.165) is 12.8 Å². The van der Waals surface area contributed by atoms with Crippen LogP contribution in [0, 0.1) is 0 Å². The topological polar surface area (TPSA) is 91.1 Å². The smallest absolute Gasteiger partial charge is 0.254 e. The molecule has 1 aromatic rings. The number of nitrogens with two attached hydrogens (primary N) is 1. The van der Waals surface area contributed by atoms with Crippen LogP contribution in [0.1, 0.15) is 36.0 Å². The molecule has 2 aliphatic rings. The molecule has 0 radical (unpaired) electrons. The van der Waals surface area contributed by atoms with Gasteiger partial charge < -0.3 is 24.8 Å². The molecule has 0 saturated carbocycles. The first-order valence-electron chi connectivity index (χ1n) is 8.05. The Kier molecular flexibility index (Phi) is 4.62. The number of nitrogens with zero attached hydrogens (tertiary/aromatic N) is 1. The Morgan fingerprint density at radius 1 is 1.33 bits per heavy atom. The first-order chi connectivity index (χ1) is 11.5. The number of hydrogen-bond acceptors (Lipinski definition) is 5. The van der Waals surface area contributed by atoms with Gasteiger partial charge in [-0.25, -0.2) is 0 Å². The lowest BCUT2D eigenvalue weighted by atomic mass is 9.87. The van der Waals surface area contributed by atoms with Crippen LogP contribution in [0.5, 0.6) is 11.5 Å². The van der Waals surface area contributed by atoms with Gasteiger partial charge in [0.25, 0.3) is 5.91 Å². The highest BCUT2D eigenvalue weighted by Gasteiger charge is 2.37. The first-order valence-corrected chi connectivity index (χ1v) is 8.05. The van der Waals surface area contributed by atoms with Gasteiger partial charge in [-0.1, -0.05) is 0 Å². The zero-order valence-corrected chi connectivity index (χ0v) is 13.7. The van der Waals surface area contributed by atoms with Crippen LogP contribution in [0.25, 0.3) is 0 Å². The quantitative estimate of drug-likeness (QED) is 0.876. The van der Waals surface area contributed by atoms with Crippen molar-refractivity contribution in [3.63, 3.8) is 0 Å². The average Bonchev–Trinajstić information content (AvgIpc) is 3.07. The van der Waals surface area contributed by atoms with E-state index >= 15 is 0 Å². The molecule has 0 bridgehead atoms. The summed E-state index contributed by atoms with van der Waals surface area (Å²) in [6.07, 6.45) is 2.40. The average molecular weight is 334 g/mol. The van der Waals surface area contributed by atoms with Crippen molar-refractivity contribution >= 4 is 11.8 Å². The molecular formula is C17H22N2O5. The highest BCUT2D eigenvalue weighted by atomic mass is 16.7. The molecule has 24 heavy (non-hydrogen) atoms. The second-order valence-corrected chi connectivity index (χ2v) is 6.25. The highest BCUT2D eigenvalue weighted by Crippen LogP contribution is 2.34. The molecule has 7 nitrogen and oxygen atoms in total. The van der Waals surface area contributed by atoms with E-state index in [-0.39, 0.29) is 25.0 Å². The molecule has 3 rings (SSSR count). The normalized spacial score (nSPS) is 22.5. The Morgan fingerprint density at radius 3 is 2.88 bits per heavy atom. The number of carbonyl (C=O) groups excluding carboxylic acids is 2. The number of likely N-dealkylation sites (tertiary alicyclic amines) is 1. The number of methoxy groups -OCH3 is 1. The third kappa shape index (κ3) is 3.31. The van der Waals surface area contributed by atoms with Crippen molar-refractivity contribution in [3.8, 4) is 11.5 Å². The molecule has 0 unspecified atom stereocenters. The summed E-state index contributed by atoms with van der Waals surface area (Å²) < 4.78 is 16.3. The Labute approximate surface area is 140 Å². The van der Waals surface area contributed by atoms with E-state index in [0.29, 0.717) is 36.6 Å². The van der Waals surface area contributed by atoms with Crippen molar-refractivity contribution in [2.75, 3.05) is 27.0 Å². The molecule has 1 fully saturated rings. The summed E-state index contributed by atoms with van der Waals surface area (Å²) in [5, 5.41) is 0. The SMILES string of the molecule is CO[C@@]1(CCC(N)=O)CCCN(C(=O)c2ccc3c(c2)OCO3)C1. The van der Waals surface area contributed by atoms with E-state index in [2.05, 4.69) is 0 Å². The summed E-state index contributed by atoms with van der Waals surface area (Å²) in [6, 6.07) is 5.19. The Bertz CT molecular complexity index is 648. The lowest BCUT2D eigenvalue weighted by Crippen LogP contribution is -2.51. The fourth-order valence-electron chi connectivity index (χ4n) is 3.31. The largest absolute Gasteiger partial charge is 0.454 e. The lowest BCUT2D eigenvalue weighted by Gasteiger charge is -2.42. The summed E-state index contributed by atoms with van der Waals surface area (Å²) >= 11 is 0. The van der Waals surface area contributed by atoms with Crippen LogP contribution in [0.2, 0.25) is 0 Å². The summed E-state index contributed by atoms with van der Waals surface area (Å²) in [5.74, 6) is 0.807. The number of carbonyl (C=O) groups is 2. The predicted molar refractivity (Wildman–Crippen MR) is 85.9 cm³/mol. The van der Waals surface area contributed by atoms with Crippen molar-refractivity contribution in [1.82, 2.24) is 4.90 Å². The Balaban J connectivity index is 1.73. The van der Waals surface area contributed by atoms with Crippen molar-refractivity contribution in [1.29, 1.82) is 0 Å². The first kappa shape index (κ1) is 16.6. The minimum absolute atomic E-state index is 0.0755. The number of benzene rings is 1. The van der Waals surface area contributed by atoms with Crippen molar-refractivity contribution in [2.45, 2.75) is 31.3 Å². The predicted octanol–water partition coefficient (Wildman–Crippen LogP) is 1.30. The van der Waals surface area contributed by atoms with Gasteiger partial charge in [0.2, 0.25) is 12.7 Å². The molecule has 1 saturated heterocycles. The van der Waals surface area contributed by atoms with Crippen molar-refractivity contribution in [2.24, 2.45) is 5.73 Å². The Hall–Kier alpha value is -2.28. The van der Waals surface area contributed by atoms with Gasteiger partial charge in [-0.2, -0.15) is 0 Å². The van der Waals surface area contributed by atoms with Crippen molar-refractivity contribution < 1.29 is 23.8 Å². The van der Waals surface area contributed by atoms with E-state index in [1.165, 1.54) is 0 Å². The summed E-state index contributed by atoms with van der Waals surface area (Å²) in [6.45, 7) is 1.29. The zero-order valence-electron chi connectivity index (χ0n) is 13.7. The van der Waals surface area contributed by atoms with Crippen LogP contribution >= 0.6 is 0 Å². The molecule has 1 aromatic carbocycles. The molecular weight excluding hydrogens is 312 g/mol. The number of ether oxygens (including phenoxy) is 3. The lowest BCUT2D eigenvalue weighted by molar-refractivity contribution is -0.121. The minimum Gasteiger partial charge on any atom is -0.454 e. The van der Waals surface area contributed by atoms with Gasteiger partial charge in [0.1, 0.15) is 0 Å². The molecule has 2 N–H and O–H groups in total. The van der Waals surface area contributed by atoms with Gasteiger partial charge in [-0.15, -0.1) is 0 Å². The third-order valence-electron chi connectivity index (χ3n) is 4.71. The number of amides is 2. The second-order valence-electron chi connectivity index (χ2n) is 6.25. The Morgan fingerprint density at radius 2 is 2.12 bits per heavy atom. The van der Waals surface area contributed by atoms with Crippen LogP contribution in [0.4, 0.5) is 0 Å². The number of primary amides is 1. The number of rotatable bonds is 5. The minimum atomic E-state index is -0.515. The molecule has 1 atom stereocenters. The highest BCUT2D eigenvalue weighted by molar-refractivity contribution is 5.95. The van der Waals surface area contributed by atoms with Gasteiger partial charge in [0.15, 0.2) is 11.5 Å². The zero-order chi connectivity index (χ0) is 17.2. The number of fused-ring (bicyclic) bond motifs is 1. The fourth-order valence-corrected chi connectivity index (χ4v) is 3.31. The molecule has 0 spiro atoms. The van der Waals surface area contributed by atoms with Gasteiger partial charge in [-0.3, -0.25) is 9.59 Å². The summed E-state index contributed by atoms with van der Waals surface area (Å²) in [4.78, 5) is 25.7. The van der Waals surface area contributed by atoms with Crippen LogP contribution in [0.15, 0.2) is 18.2 Å². The number of hydrogen-bond donors (Lipinski definition) is 1.